The van der Waals surface area contributed by atoms with Crippen molar-refractivity contribution in [3.8, 4) is 0 Å². The van der Waals surface area contributed by atoms with Crippen molar-refractivity contribution < 1.29 is 4.79 Å². The number of anilines is 1. The molecular formula is C23H25N3O. The number of hydrogen-bond donors (Lipinski definition) is 1. The Balaban J connectivity index is 1.43. The zero-order valence-corrected chi connectivity index (χ0v) is 15.7. The monoisotopic (exact) mass is 359 g/mol. The standard InChI is InChI=1S/C23H25N3O/c1-25-13-15-26(16-14-25)17-18-9-11-20(12-10-18)24-23(27)22-8-4-6-19-5-2-3-7-21(19)22/h2-12H,13-17H2,1H3,(H,24,27). The molecule has 0 atom stereocenters. The third-order valence-electron chi connectivity index (χ3n) is 5.25. The highest BCUT2D eigenvalue weighted by molar-refractivity contribution is 6.12. The minimum atomic E-state index is -0.0707. The molecular weight excluding hydrogens is 334 g/mol. The number of nitrogens with zero attached hydrogens (tertiary/aromatic N) is 2. The molecule has 1 aliphatic rings. The fourth-order valence-electron chi connectivity index (χ4n) is 3.58. The van der Waals surface area contributed by atoms with Gasteiger partial charge in [-0.05, 0) is 41.6 Å². The summed E-state index contributed by atoms with van der Waals surface area (Å²) in [6.45, 7) is 5.43. The summed E-state index contributed by atoms with van der Waals surface area (Å²) < 4.78 is 0. The molecule has 0 saturated carbocycles. The van der Waals surface area contributed by atoms with Gasteiger partial charge in [-0.3, -0.25) is 9.69 Å². The van der Waals surface area contributed by atoms with E-state index in [-0.39, 0.29) is 5.91 Å². The minimum Gasteiger partial charge on any atom is -0.322 e. The maximum absolute atomic E-state index is 12.7. The molecule has 4 nitrogen and oxygen atoms in total. The highest BCUT2D eigenvalue weighted by Crippen LogP contribution is 2.20. The molecule has 0 aliphatic carbocycles. The lowest BCUT2D eigenvalue weighted by atomic mass is 10.0. The van der Waals surface area contributed by atoms with Crippen molar-refractivity contribution in [2.45, 2.75) is 6.54 Å². The number of rotatable bonds is 4. The van der Waals surface area contributed by atoms with E-state index in [0.29, 0.717) is 5.56 Å². The number of carbonyl (C=O) groups is 1. The summed E-state index contributed by atoms with van der Waals surface area (Å²) >= 11 is 0. The fraction of sp³-hybridized carbons (Fsp3) is 0.261. The van der Waals surface area contributed by atoms with Crippen molar-refractivity contribution >= 4 is 22.4 Å². The molecule has 138 valence electrons. The third kappa shape index (κ3) is 4.18. The van der Waals surface area contributed by atoms with Crippen LogP contribution in [-0.4, -0.2) is 48.9 Å². The average molecular weight is 359 g/mol. The Bertz CT molecular complexity index is 923. The van der Waals surface area contributed by atoms with Crippen LogP contribution in [0.2, 0.25) is 0 Å². The number of likely N-dealkylation sites (N-methyl/N-ethyl adjacent to an activating group) is 1. The van der Waals surface area contributed by atoms with E-state index >= 15 is 0 Å². The van der Waals surface area contributed by atoms with E-state index in [0.717, 1.165) is 49.2 Å². The van der Waals surface area contributed by atoms with Gasteiger partial charge in [0.15, 0.2) is 0 Å². The fourth-order valence-corrected chi connectivity index (χ4v) is 3.58. The van der Waals surface area contributed by atoms with Gasteiger partial charge in [0.05, 0.1) is 0 Å². The number of benzene rings is 3. The molecule has 4 heteroatoms. The topological polar surface area (TPSA) is 35.6 Å². The maximum Gasteiger partial charge on any atom is 0.256 e. The predicted octanol–water partition coefficient (Wildman–Crippen LogP) is 3.84. The first-order valence-electron chi connectivity index (χ1n) is 9.48. The van der Waals surface area contributed by atoms with Crippen LogP contribution >= 0.6 is 0 Å². The quantitative estimate of drug-likeness (QED) is 0.769. The molecule has 0 unspecified atom stereocenters. The zero-order chi connectivity index (χ0) is 18.6. The van der Waals surface area contributed by atoms with Gasteiger partial charge in [-0.2, -0.15) is 0 Å². The first-order chi connectivity index (χ1) is 13.2. The second kappa shape index (κ2) is 7.91. The van der Waals surface area contributed by atoms with Crippen LogP contribution in [0.1, 0.15) is 15.9 Å². The molecule has 1 N–H and O–H groups in total. The van der Waals surface area contributed by atoms with E-state index in [9.17, 15) is 4.79 Å². The molecule has 1 fully saturated rings. The van der Waals surface area contributed by atoms with Crippen molar-refractivity contribution in [2.24, 2.45) is 0 Å². The first-order valence-corrected chi connectivity index (χ1v) is 9.48. The van der Waals surface area contributed by atoms with E-state index in [1.807, 2.05) is 54.6 Å². The van der Waals surface area contributed by atoms with Crippen LogP contribution in [0.15, 0.2) is 66.7 Å². The first kappa shape index (κ1) is 17.7. The van der Waals surface area contributed by atoms with E-state index in [1.54, 1.807) is 0 Å². The van der Waals surface area contributed by atoms with Crippen LogP contribution in [0.5, 0.6) is 0 Å². The molecule has 0 bridgehead atoms. The van der Waals surface area contributed by atoms with Crippen LogP contribution in [0.3, 0.4) is 0 Å². The van der Waals surface area contributed by atoms with Crippen molar-refractivity contribution in [1.29, 1.82) is 0 Å². The summed E-state index contributed by atoms with van der Waals surface area (Å²) in [6, 6.07) is 22.0. The van der Waals surface area contributed by atoms with Crippen molar-refractivity contribution in [3.63, 3.8) is 0 Å². The van der Waals surface area contributed by atoms with Crippen LogP contribution in [0.4, 0.5) is 5.69 Å². The number of amides is 1. The summed E-state index contributed by atoms with van der Waals surface area (Å²) in [5, 5.41) is 5.08. The summed E-state index contributed by atoms with van der Waals surface area (Å²) in [5.74, 6) is -0.0707. The smallest absolute Gasteiger partial charge is 0.256 e. The Kier molecular flexibility index (Phi) is 5.19. The van der Waals surface area contributed by atoms with Gasteiger partial charge in [0.2, 0.25) is 0 Å². The molecule has 1 heterocycles. The van der Waals surface area contributed by atoms with Gasteiger partial charge >= 0.3 is 0 Å². The second-order valence-corrected chi connectivity index (χ2v) is 7.26. The van der Waals surface area contributed by atoms with Gasteiger partial charge in [-0.25, -0.2) is 0 Å². The molecule has 4 rings (SSSR count). The molecule has 0 radical (unpaired) electrons. The highest BCUT2D eigenvalue weighted by Gasteiger charge is 2.14. The predicted molar refractivity (Wildman–Crippen MR) is 111 cm³/mol. The van der Waals surface area contributed by atoms with E-state index in [1.165, 1.54) is 5.56 Å². The van der Waals surface area contributed by atoms with Gasteiger partial charge in [0.1, 0.15) is 0 Å². The van der Waals surface area contributed by atoms with Crippen LogP contribution in [0.25, 0.3) is 10.8 Å². The SMILES string of the molecule is CN1CCN(Cc2ccc(NC(=O)c3cccc4ccccc34)cc2)CC1. The zero-order valence-electron chi connectivity index (χ0n) is 15.7. The van der Waals surface area contributed by atoms with Crippen molar-refractivity contribution in [3.05, 3.63) is 77.9 Å². The lowest BCUT2D eigenvalue weighted by molar-refractivity contribution is 0.102. The summed E-state index contributed by atoms with van der Waals surface area (Å²) in [5.41, 5.74) is 2.81. The van der Waals surface area contributed by atoms with Gasteiger partial charge in [0.25, 0.3) is 5.91 Å². The van der Waals surface area contributed by atoms with E-state index in [4.69, 9.17) is 0 Å². The maximum atomic E-state index is 12.7. The highest BCUT2D eigenvalue weighted by atomic mass is 16.1. The van der Waals surface area contributed by atoms with Crippen molar-refractivity contribution in [1.82, 2.24) is 9.80 Å². The number of fused-ring (bicyclic) bond motifs is 1. The molecule has 27 heavy (non-hydrogen) atoms. The van der Waals surface area contributed by atoms with Crippen LogP contribution in [0, 0.1) is 0 Å². The normalized spacial score (nSPS) is 15.7. The minimum absolute atomic E-state index is 0.0707. The number of piperazine rings is 1. The lowest BCUT2D eigenvalue weighted by Gasteiger charge is -2.32. The summed E-state index contributed by atoms with van der Waals surface area (Å²) in [6.07, 6.45) is 0. The van der Waals surface area contributed by atoms with Crippen LogP contribution < -0.4 is 5.32 Å². The molecule has 0 aromatic heterocycles. The summed E-state index contributed by atoms with van der Waals surface area (Å²) in [4.78, 5) is 17.6. The third-order valence-corrected chi connectivity index (χ3v) is 5.25. The Hall–Kier alpha value is -2.69. The number of carbonyl (C=O) groups excluding carboxylic acids is 1. The Labute approximate surface area is 160 Å². The average Bonchev–Trinajstić information content (AvgIpc) is 2.71. The Morgan fingerprint density at radius 3 is 2.37 bits per heavy atom. The molecule has 3 aromatic carbocycles. The molecule has 1 saturated heterocycles. The van der Waals surface area contributed by atoms with Gasteiger partial charge in [-0.1, -0.05) is 48.5 Å². The van der Waals surface area contributed by atoms with Crippen molar-refractivity contribution in [2.75, 3.05) is 38.5 Å². The van der Waals surface area contributed by atoms with Gasteiger partial charge in [0, 0.05) is 44.0 Å². The Morgan fingerprint density at radius 1 is 0.889 bits per heavy atom. The lowest BCUT2D eigenvalue weighted by Crippen LogP contribution is -2.43. The number of nitrogens with one attached hydrogen (secondary N) is 1. The molecule has 3 aromatic rings. The number of hydrogen-bond acceptors (Lipinski definition) is 3. The largest absolute Gasteiger partial charge is 0.322 e. The molecule has 1 aliphatic heterocycles. The van der Waals surface area contributed by atoms with E-state index < -0.39 is 0 Å². The summed E-state index contributed by atoms with van der Waals surface area (Å²) in [7, 11) is 2.17. The second-order valence-electron chi connectivity index (χ2n) is 7.26. The van der Waals surface area contributed by atoms with E-state index in [2.05, 4.69) is 34.3 Å². The van der Waals surface area contributed by atoms with Gasteiger partial charge in [-0.15, -0.1) is 0 Å². The van der Waals surface area contributed by atoms with Crippen LogP contribution in [-0.2, 0) is 6.54 Å². The Morgan fingerprint density at radius 2 is 1.59 bits per heavy atom. The molecule has 1 amide bonds. The molecule has 0 spiro atoms. The van der Waals surface area contributed by atoms with Gasteiger partial charge < -0.3 is 10.2 Å².